The number of aromatic carboxylic acids is 2. The predicted molar refractivity (Wildman–Crippen MR) is 81.2 cm³/mol. The molecule has 2 aromatic carbocycles. The molecule has 0 fully saturated rings. The summed E-state index contributed by atoms with van der Waals surface area (Å²) in [5.74, 6) is 4.77. The van der Waals surface area contributed by atoms with Gasteiger partial charge in [0.05, 0.1) is 22.3 Å². The third-order valence-electron chi connectivity index (χ3n) is 3.36. The van der Waals surface area contributed by atoms with Crippen molar-refractivity contribution in [3.63, 3.8) is 0 Å². The van der Waals surface area contributed by atoms with E-state index in [0.717, 1.165) is 0 Å². The average molecular weight is 332 g/mol. The lowest BCUT2D eigenvalue weighted by Crippen LogP contribution is -2.37. The molecule has 2 rings (SSSR count). The van der Waals surface area contributed by atoms with Crippen molar-refractivity contribution in [2.24, 2.45) is 11.7 Å². The van der Waals surface area contributed by atoms with Crippen molar-refractivity contribution in [2.45, 2.75) is 0 Å². The molecule has 2 amide bonds. The first-order chi connectivity index (χ1) is 11.3. The highest BCUT2D eigenvalue weighted by atomic mass is 16.4. The first kappa shape index (κ1) is 16.9. The van der Waals surface area contributed by atoms with E-state index in [9.17, 15) is 29.4 Å². The van der Waals surface area contributed by atoms with Gasteiger partial charge >= 0.3 is 11.9 Å². The van der Waals surface area contributed by atoms with Gasteiger partial charge in [0.1, 0.15) is 0 Å². The Balaban J connectivity index is 3.20. The Kier molecular flexibility index (Phi) is 4.44. The minimum absolute atomic E-state index is 0.0328. The van der Waals surface area contributed by atoms with E-state index in [0.29, 0.717) is 0 Å². The van der Waals surface area contributed by atoms with Crippen LogP contribution in [0.3, 0.4) is 0 Å². The van der Waals surface area contributed by atoms with E-state index in [1.54, 1.807) is 5.43 Å². The number of hydrazine groups is 2. The molecule has 8 N–H and O–H groups in total. The first-order valence-electron chi connectivity index (χ1n) is 6.42. The summed E-state index contributed by atoms with van der Waals surface area (Å²) in [4.78, 5) is 47.4. The number of carbonyl (C=O) groups excluding carboxylic acids is 2. The maximum atomic E-state index is 12.1. The Morgan fingerprint density at radius 3 is 1.54 bits per heavy atom. The average Bonchev–Trinajstić information content (AvgIpc) is 2.57. The van der Waals surface area contributed by atoms with E-state index in [1.807, 2.05) is 5.43 Å². The Bertz CT molecular complexity index is 892. The Morgan fingerprint density at radius 1 is 0.708 bits per heavy atom. The van der Waals surface area contributed by atoms with Gasteiger partial charge in [0.15, 0.2) is 0 Å². The summed E-state index contributed by atoms with van der Waals surface area (Å²) < 4.78 is 0. The smallest absolute Gasteiger partial charge is 0.337 e. The summed E-state index contributed by atoms with van der Waals surface area (Å²) in [5, 5.41) is 18.9. The minimum Gasteiger partial charge on any atom is -0.478 e. The lowest BCUT2D eigenvalue weighted by atomic mass is 9.88. The van der Waals surface area contributed by atoms with Crippen molar-refractivity contribution in [1.82, 2.24) is 10.9 Å². The molecule has 0 heterocycles. The summed E-state index contributed by atoms with van der Waals surface area (Å²) in [5.41, 5.74) is 0.945. The van der Waals surface area contributed by atoms with Crippen molar-refractivity contribution in [2.75, 3.05) is 0 Å². The van der Waals surface area contributed by atoms with Crippen LogP contribution in [0.2, 0.25) is 0 Å². The number of amides is 2. The highest BCUT2D eigenvalue weighted by Gasteiger charge is 2.32. The van der Waals surface area contributed by atoms with Crippen LogP contribution in [0.25, 0.3) is 10.8 Å². The van der Waals surface area contributed by atoms with Crippen LogP contribution >= 0.6 is 0 Å². The molecule has 0 unspecified atom stereocenters. The molecule has 10 heteroatoms. The van der Waals surface area contributed by atoms with Crippen LogP contribution in [-0.2, 0) is 0 Å². The molecule has 0 spiro atoms. The van der Waals surface area contributed by atoms with Gasteiger partial charge in [-0.05, 0) is 10.8 Å². The van der Waals surface area contributed by atoms with Crippen LogP contribution < -0.4 is 22.5 Å². The molecule has 24 heavy (non-hydrogen) atoms. The highest BCUT2D eigenvalue weighted by molar-refractivity contribution is 6.25. The second-order valence-electron chi connectivity index (χ2n) is 4.60. The van der Waals surface area contributed by atoms with Gasteiger partial charge in [-0.25, -0.2) is 21.3 Å². The number of carboxylic acids is 2. The Labute approximate surface area is 134 Å². The summed E-state index contributed by atoms with van der Waals surface area (Å²) in [6.07, 6.45) is 0. The zero-order chi connectivity index (χ0) is 18.0. The molecule has 2 aromatic rings. The number of nitrogen functional groups attached to an aromatic ring is 2. The number of benzene rings is 2. The first-order valence-corrected chi connectivity index (χ1v) is 6.42. The molecule has 0 saturated carbocycles. The molecule has 0 saturated heterocycles. The number of rotatable bonds is 4. The summed E-state index contributed by atoms with van der Waals surface area (Å²) in [6.45, 7) is 0. The fourth-order valence-electron chi connectivity index (χ4n) is 2.48. The van der Waals surface area contributed by atoms with Crippen molar-refractivity contribution in [3.8, 4) is 0 Å². The van der Waals surface area contributed by atoms with E-state index in [4.69, 9.17) is 11.7 Å². The molecule has 0 aliphatic rings. The van der Waals surface area contributed by atoms with Crippen LogP contribution in [-0.4, -0.2) is 34.0 Å². The number of nitrogens with one attached hydrogen (secondary N) is 2. The number of carbonyl (C=O) groups is 4. The van der Waals surface area contributed by atoms with Gasteiger partial charge < -0.3 is 10.2 Å². The number of nitrogens with two attached hydrogens (primary N) is 2. The molecular weight excluding hydrogens is 320 g/mol. The van der Waals surface area contributed by atoms with Crippen molar-refractivity contribution >= 4 is 34.5 Å². The lowest BCUT2D eigenvalue weighted by Gasteiger charge is -2.16. The Hall–Kier alpha value is -3.50. The van der Waals surface area contributed by atoms with Crippen molar-refractivity contribution in [1.29, 1.82) is 0 Å². The quantitative estimate of drug-likeness (QED) is 0.244. The van der Waals surface area contributed by atoms with Gasteiger partial charge in [-0.2, -0.15) is 0 Å². The predicted octanol–water partition coefficient (Wildman–Crippen LogP) is -0.557. The van der Waals surface area contributed by atoms with Crippen LogP contribution in [0.4, 0.5) is 0 Å². The zero-order valence-corrected chi connectivity index (χ0v) is 12.0. The van der Waals surface area contributed by atoms with Crippen molar-refractivity contribution in [3.05, 3.63) is 46.5 Å². The van der Waals surface area contributed by atoms with Gasteiger partial charge in [-0.15, -0.1) is 0 Å². The maximum Gasteiger partial charge on any atom is 0.337 e. The van der Waals surface area contributed by atoms with Crippen LogP contribution in [0.5, 0.6) is 0 Å². The maximum absolute atomic E-state index is 12.1. The van der Waals surface area contributed by atoms with Gasteiger partial charge in [-0.3, -0.25) is 20.4 Å². The standard InChI is InChI=1S/C14H12N4O6/c15-17-11(19)7-5-3-1-2-4-6(5)8(13(21)22)10(14(23)24)9(7)12(20)18-16/h1-4H,15-16H2,(H,17,19)(H,18,20)(H,21,22)(H,23,24). The molecule has 10 nitrogen and oxygen atoms in total. The molecule has 0 aromatic heterocycles. The normalized spacial score (nSPS) is 10.2. The van der Waals surface area contributed by atoms with Gasteiger partial charge in [0, 0.05) is 0 Å². The number of fused-ring (bicyclic) bond motifs is 1. The van der Waals surface area contributed by atoms with E-state index in [2.05, 4.69) is 0 Å². The lowest BCUT2D eigenvalue weighted by molar-refractivity contribution is 0.0650. The molecule has 124 valence electrons. The second kappa shape index (κ2) is 6.32. The number of hydrogen-bond acceptors (Lipinski definition) is 6. The molecular formula is C14H12N4O6. The summed E-state index contributed by atoms with van der Waals surface area (Å²) in [6, 6.07) is 5.65. The van der Waals surface area contributed by atoms with Gasteiger partial charge in [-0.1, -0.05) is 24.3 Å². The molecule has 0 atom stereocenters. The topological polar surface area (TPSA) is 185 Å². The Morgan fingerprint density at radius 2 is 1.12 bits per heavy atom. The fraction of sp³-hybridized carbons (Fsp3) is 0. The van der Waals surface area contributed by atoms with Crippen molar-refractivity contribution < 1.29 is 29.4 Å². The molecule has 0 aliphatic heterocycles. The SMILES string of the molecule is NNC(=O)c1c(C(=O)O)c(C(=O)O)c2ccccc2c1C(=O)NN. The van der Waals surface area contributed by atoms with E-state index in [-0.39, 0.29) is 10.8 Å². The van der Waals surface area contributed by atoms with E-state index >= 15 is 0 Å². The number of hydrogen-bond donors (Lipinski definition) is 6. The van der Waals surface area contributed by atoms with Gasteiger partial charge in [0.25, 0.3) is 11.8 Å². The van der Waals surface area contributed by atoms with Crippen LogP contribution in [0, 0.1) is 0 Å². The summed E-state index contributed by atoms with van der Waals surface area (Å²) >= 11 is 0. The highest BCUT2D eigenvalue weighted by Crippen LogP contribution is 2.31. The number of carboxylic acid groups (broad SMARTS) is 2. The minimum atomic E-state index is -1.71. The monoisotopic (exact) mass is 332 g/mol. The third kappa shape index (κ3) is 2.51. The zero-order valence-electron chi connectivity index (χ0n) is 12.0. The fourth-order valence-corrected chi connectivity index (χ4v) is 2.48. The molecule has 0 bridgehead atoms. The molecule has 0 aliphatic carbocycles. The summed E-state index contributed by atoms with van der Waals surface area (Å²) in [7, 11) is 0. The second-order valence-corrected chi connectivity index (χ2v) is 4.60. The van der Waals surface area contributed by atoms with Gasteiger partial charge in [0.2, 0.25) is 0 Å². The third-order valence-corrected chi connectivity index (χ3v) is 3.36. The van der Waals surface area contributed by atoms with E-state index < -0.39 is 46.0 Å². The van der Waals surface area contributed by atoms with E-state index in [1.165, 1.54) is 24.3 Å². The molecule has 0 radical (unpaired) electrons. The van der Waals surface area contributed by atoms with Crippen LogP contribution in [0.15, 0.2) is 24.3 Å². The van der Waals surface area contributed by atoms with Crippen LogP contribution in [0.1, 0.15) is 41.4 Å². The largest absolute Gasteiger partial charge is 0.478 e.